The van der Waals surface area contributed by atoms with Gasteiger partial charge >= 0.3 is 0 Å². The zero-order chi connectivity index (χ0) is 13.1. The standard InChI is InChI=1S/C15H14N2S2/c1-2-18-12-8-9-13-14(10-12)19-15(17-13)16-11-6-4-3-5-7-11/h3-10H,2H2,1H3,(H,16,17). The minimum absolute atomic E-state index is 0.944. The van der Waals surface area contributed by atoms with Gasteiger partial charge < -0.3 is 5.32 Å². The van der Waals surface area contributed by atoms with Crippen LogP contribution in [0.3, 0.4) is 0 Å². The van der Waals surface area contributed by atoms with Crippen molar-refractivity contribution in [3.05, 3.63) is 48.5 Å². The summed E-state index contributed by atoms with van der Waals surface area (Å²) in [6.45, 7) is 2.17. The number of thiazole rings is 1. The van der Waals surface area contributed by atoms with Crippen molar-refractivity contribution >= 4 is 44.1 Å². The lowest BCUT2D eigenvalue weighted by atomic mass is 10.3. The Morgan fingerprint density at radius 2 is 2.00 bits per heavy atom. The van der Waals surface area contributed by atoms with Crippen molar-refractivity contribution in [3.63, 3.8) is 0 Å². The molecule has 3 rings (SSSR count). The number of para-hydroxylation sites is 1. The molecule has 96 valence electrons. The van der Waals surface area contributed by atoms with E-state index in [4.69, 9.17) is 0 Å². The topological polar surface area (TPSA) is 24.9 Å². The third-order valence-corrected chi connectivity index (χ3v) is 4.51. The van der Waals surface area contributed by atoms with Crippen LogP contribution in [0.2, 0.25) is 0 Å². The molecule has 1 N–H and O–H groups in total. The van der Waals surface area contributed by atoms with Gasteiger partial charge in [0, 0.05) is 10.6 Å². The molecule has 0 saturated carbocycles. The highest BCUT2D eigenvalue weighted by Crippen LogP contribution is 2.31. The third kappa shape index (κ3) is 2.91. The van der Waals surface area contributed by atoms with E-state index in [9.17, 15) is 0 Å². The number of hydrogen-bond donors (Lipinski definition) is 1. The van der Waals surface area contributed by atoms with E-state index in [0.29, 0.717) is 0 Å². The molecule has 0 radical (unpaired) electrons. The summed E-state index contributed by atoms with van der Waals surface area (Å²) in [5.41, 5.74) is 2.13. The van der Waals surface area contributed by atoms with E-state index in [0.717, 1.165) is 22.1 Å². The lowest BCUT2D eigenvalue weighted by Gasteiger charge is -1.99. The van der Waals surface area contributed by atoms with Gasteiger partial charge in [0.15, 0.2) is 5.13 Å². The summed E-state index contributed by atoms with van der Waals surface area (Å²) in [5.74, 6) is 1.10. The van der Waals surface area contributed by atoms with Crippen LogP contribution in [0.4, 0.5) is 10.8 Å². The number of benzene rings is 2. The molecule has 0 spiro atoms. The number of hydrogen-bond acceptors (Lipinski definition) is 4. The molecule has 0 aliphatic rings. The first-order valence-electron chi connectivity index (χ1n) is 6.20. The molecule has 0 saturated heterocycles. The van der Waals surface area contributed by atoms with Crippen molar-refractivity contribution in [1.82, 2.24) is 4.98 Å². The third-order valence-electron chi connectivity index (χ3n) is 2.70. The number of thioether (sulfide) groups is 1. The summed E-state index contributed by atoms with van der Waals surface area (Å²) in [5, 5.41) is 4.29. The van der Waals surface area contributed by atoms with Crippen LogP contribution in [0, 0.1) is 0 Å². The maximum Gasteiger partial charge on any atom is 0.188 e. The molecular formula is C15H14N2S2. The number of fused-ring (bicyclic) bond motifs is 1. The van der Waals surface area contributed by atoms with Crippen LogP contribution in [0.5, 0.6) is 0 Å². The Morgan fingerprint density at radius 1 is 1.16 bits per heavy atom. The molecule has 1 aromatic heterocycles. The number of aromatic nitrogens is 1. The van der Waals surface area contributed by atoms with Gasteiger partial charge in [-0.1, -0.05) is 36.5 Å². The van der Waals surface area contributed by atoms with E-state index in [1.165, 1.54) is 9.60 Å². The highest BCUT2D eigenvalue weighted by atomic mass is 32.2. The molecule has 0 aliphatic heterocycles. The first-order valence-corrected chi connectivity index (χ1v) is 8.01. The van der Waals surface area contributed by atoms with Gasteiger partial charge in [-0.15, -0.1) is 11.8 Å². The summed E-state index contributed by atoms with van der Waals surface area (Å²) in [7, 11) is 0. The largest absolute Gasteiger partial charge is 0.332 e. The molecule has 0 bridgehead atoms. The second-order valence-corrected chi connectivity index (χ2v) is 6.44. The number of rotatable bonds is 4. The van der Waals surface area contributed by atoms with Crippen molar-refractivity contribution in [2.24, 2.45) is 0 Å². The molecule has 4 heteroatoms. The smallest absolute Gasteiger partial charge is 0.188 e. The van der Waals surface area contributed by atoms with Crippen molar-refractivity contribution in [3.8, 4) is 0 Å². The van der Waals surface area contributed by atoms with Gasteiger partial charge in [-0.2, -0.15) is 0 Å². The van der Waals surface area contributed by atoms with Crippen molar-refractivity contribution < 1.29 is 0 Å². The monoisotopic (exact) mass is 286 g/mol. The van der Waals surface area contributed by atoms with Crippen LogP contribution < -0.4 is 5.32 Å². The van der Waals surface area contributed by atoms with Crippen LogP contribution in [-0.2, 0) is 0 Å². The summed E-state index contributed by atoms with van der Waals surface area (Å²) in [4.78, 5) is 5.92. The normalized spacial score (nSPS) is 10.8. The fraction of sp³-hybridized carbons (Fsp3) is 0.133. The second kappa shape index (κ2) is 5.63. The van der Waals surface area contributed by atoms with E-state index < -0.39 is 0 Å². The Balaban J connectivity index is 1.89. The van der Waals surface area contributed by atoms with Gasteiger partial charge in [0.05, 0.1) is 10.2 Å². The summed E-state index contributed by atoms with van der Waals surface area (Å²) in [6.07, 6.45) is 0. The highest BCUT2D eigenvalue weighted by Gasteiger charge is 2.05. The van der Waals surface area contributed by atoms with Gasteiger partial charge in [-0.3, -0.25) is 0 Å². The molecule has 0 amide bonds. The minimum atomic E-state index is 0.944. The average Bonchev–Trinajstić information content (AvgIpc) is 2.82. The van der Waals surface area contributed by atoms with Gasteiger partial charge in [0.25, 0.3) is 0 Å². The Labute approximate surface area is 120 Å². The fourth-order valence-corrected chi connectivity index (χ4v) is 3.56. The zero-order valence-corrected chi connectivity index (χ0v) is 12.2. The molecule has 0 unspecified atom stereocenters. The van der Waals surface area contributed by atoms with Crippen molar-refractivity contribution in [2.75, 3.05) is 11.1 Å². The quantitative estimate of drug-likeness (QED) is 0.671. The predicted octanol–water partition coefficient (Wildman–Crippen LogP) is 5.15. The Kier molecular flexibility index (Phi) is 3.71. The molecule has 1 heterocycles. The Bertz CT molecular complexity index is 677. The molecule has 19 heavy (non-hydrogen) atoms. The van der Waals surface area contributed by atoms with Gasteiger partial charge in [-0.25, -0.2) is 4.98 Å². The van der Waals surface area contributed by atoms with Gasteiger partial charge in [-0.05, 0) is 36.1 Å². The molecule has 2 nitrogen and oxygen atoms in total. The Morgan fingerprint density at radius 3 is 2.79 bits per heavy atom. The molecule has 0 fully saturated rings. The van der Waals surface area contributed by atoms with E-state index in [1.54, 1.807) is 11.3 Å². The lowest BCUT2D eigenvalue weighted by Crippen LogP contribution is -1.87. The van der Waals surface area contributed by atoms with E-state index in [2.05, 4.69) is 35.4 Å². The SMILES string of the molecule is CCSc1ccc2nc(Nc3ccccc3)sc2c1. The number of nitrogens with zero attached hydrogens (tertiary/aromatic N) is 1. The molecule has 0 atom stereocenters. The maximum absolute atomic E-state index is 4.61. The van der Waals surface area contributed by atoms with Crippen LogP contribution in [-0.4, -0.2) is 10.7 Å². The average molecular weight is 286 g/mol. The first kappa shape index (κ1) is 12.5. The zero-order valence-electron chi connectivity index (χ0n) is 10.6. The summed E-state index contributed by atoms with van der Waals surface area (Å²) >= 11 is 3.56. The number of nitrogens with one attached hydrogen (secondary N) is 1. The minimum Gasteiger partial charge on any atom is -0.332 e. The fourth-order valence-electron chi connectivity index (χ4n) is 1.86. The molecule has 0 aliphatic carbocycles. The molecule has 3 aromatic rings. The summed E-state index contributed by atoms with van der Waals surface area (Å²) < 4.78 is 1.23. The van der Waals surface area contributed by atoms with Crippen molar-refractivity contribution in [2.45, 2.75) is 11.8 Å². The van der Waals surface area contributed by atoms with E-state index in [1.807, 2.05) is 42.1 Å². The molecular weight excluding hydrogens is 272 g/mol. The van der Waals surface area contributed by atoms with Crippen LogP contribution in [0.1, 0.15) is 6.92 Å². The number of anilines is 2. The predicted molar refractivity (Wildman–Crippen MR) is 85.7 cm³/mol. The van der Waals surface area contributed by atoms with Crippen molar-refractivity contribution in [1.29, 1.82) is 0 Å². The Hall–Kier alpha value is -1.52. The van der Waals surface area contributed by atoms with Gasteiger partial charge in [0.2, 0.25) is 0 Å². The molecule has 2 aromatic carbocycles. The highest BCUT2D eigenvalue weighted by molar-refractivity contribution is 7.99. The lowest BCUT2D eigenvalue weighted by molar-refractivity contribution is 1.42. The van der Waals surface area contributed by atoms with Crippen LogP contribution >= 0.6 is 23.1 Å². The van der Waals surface area contributed by atoms with E-state index in [-0.39, 0.29) is 0 Å². The van der Waals surface area contributed by atoms with Crippen LogP contribution in [0.15, 0.2) is 53.4 Å². The van der Waals surface area contributed by atoms with E-state index >= 15 is 0 Å². The second-order valence-electron chi connectivity index (χ2n) is 4.07. The van der Waals surface area contributed by atoms with Gasteiger partial charge in [0.1, 0.15) is 0 Å². The maximum atomic E-state index is 4.61. The first-order chi connectivity index (χ1) is 9.35. The summed E-state index contributed by atoms with van der Waals surface area (Å²) in [6, 6.07) is 16.6. The van der Waals surface area contributed by atoms with Crippen LogP contribution in [0.25, 0.3) is 10.2 Å².